The molecule has 0 amide bonds. The monoisotopic (exact) mass is 190 g/mol. The lowest BCUT2D eigenvalue weighted by Crippen LogP contribution is -2.27. The number of rotatable bonds is 0. The van der Waals surface area contributed by atoms with Crippen molar-refractivity contribution in [2.24, 2.45) is 0 Å². The first-order chi connectivity index (χ1) is 5.29. The number of cyclic esters (lactones) is 2. The van der Waals surface area contributed by atoms with E-state index in [9.17, 15) is 9.59 Å². The van der Waals surface area contributed by atoms with Crippen LogP contribution >= 0.6 is 23.5 Å². The van der Waals surface area contributed by atoms with E-state index in [2.05, 4.69) is 4.74 Å². The van der Waals surface area contributed by atoms with Crippen LogP contribution in [0.15, 0.2) is 0 Å². The molecule has 60 valence electrons. The zero-order chi connectivity index (χ0) is 7.84. The first kappa shape index (κ1) is 7.49. The second-order valence-corrected chi connectivity index (χ2v) is 4.82. The number of carbonyl (C=O) groups is 2. The highest BCUT2D eigenvalue weighted by Crippen LogP contribution is 2.36. The van der Waals surface area contributed by atoms with Crippen LogP contribution in [0.5, 0.6) is 0 Å². The van der Waals surface area contributed by atoms with Crippen molar-refractivity contribution in [3.05, 3.63) is 0 Å². The van der Waals surface area contributed by atoms with E-state index < -0.39 is 0 Å². The molecule has 0 aliphatic carbocycles. The number of hydrogen-bond acceptors (Lipinski definition) is 5. The normalized spacial score (nSPS) is 36.7. The standard InChI is InChI=1S/C6H6O3S2/c7-5-3-4(6(8)9-5)11-2-1-10-3/h3-4H,1-2H2. The molecule has 0 aromatic rings. The van der Waals surface area contributed by atoms with E-state index in [0.29, 0.717) is 0 Å². The second kappa shape index (κ2) is 2.71. The predicted molar refractivity (Wildman–Crippen MR) is 43.6 cm³/mol. The molecule has 2 aliphatic heterocycles. The van der Waals surface area contributed by atoms with Crippen LogP contribution in [0, 0.1) is 0 Å². The lowest BCUT2D eigenvalue weighted by atomic mass is 10.3. The molecule has 2 aliphatic rings. The Balaban J connectivity index is 2.19. The minimum absolute atomic E-state index is 0.221. The van der Waals surface area contributed by atoms with Crippen LogP contribution in [0.4, 0.5) is 0 Å². The van der Waals surface area contributed by atoms with Crippen LogP contribution in [-0.2, 0) is 14.3 Å². The van der Waals surface area contributed by atoms with Crippen LogP contribution in [0.2, 0.25) is 0 Å². The number of fused-ring (bicyclic) bond motifs is 1. The molecule has 3 nitrogen and oxygen atoms in total. The highest BCUT2D eigenvalue weighted by Gasteiger charge is 2.46. The third-order valence-corrected chi connectivity index (χ3v) is 4.58. The van der Waals surface area contributed by atoms with Gasteiger partial charge in [-0.25, -0.2) is 0 Å². The molecule has 0 N–H and O–H groups in total. The van der Waals surface area contributed by atoms with Crippen molar-refractivity contribution >= 4 is 35.5 Å². The van der Waals surface area contributed by atoms with Gasteiger partial charge in [-0.1, -0.05) is 0 Å². The summed E-state index contributed by atoms with van der Waals surface area (Å²) in [7, 11) is 0. The van der Waals surface area contributed by atoms with Gasteiger partial charge in [-0.2, -0.15) is 0 Å². The Morgan fingerprint density at radius 1 is 1.09 bits per heavy atom. The molecule has 5 heteroatoms. The van der Waals surface area contributed by atoms with Crippen molar-refractivity contribution in [1.82, 2.24) is 0 Å². The molecule has 11 heavy (non-hydrogen) atoms. The largest absolute Gasteiger partial charge is 0.391 e. The Hall–Kier alpha value is -0.160. The van der Waals surface area contributed by atoms with Gasteiger partial charge in [0.2, 0.25) is 0 Å². The van der Waals surface area contributed by atoms with Crippen molar-refractivity contribution in [1.29, 1.82) is 0 Å². The number of thioether (sulfide) groups is 2. The molecule has 0 aromatic carbocycles. The predicted octanol–water partition coefficient (Wildman–Crippen LogP) is 0.287. The molecule has 0 aromatic heterocycles. The van der Waals surface area contributed by atoms with Gasteiger partial charge in [-0.15, -0.1) is 23.5 Å². The van der Waals surface area contributed by atoms with Crippen LogP contribution in [-0.4, -0.2) is 33.9 Å². The summed E-state index contributed by atoms with van der Waals surface area (Å²) < 4.78 is 4.49. The van der Waals surface area contributed by atoms with Crippen LogP contribution < -0.4 is 0 Å². The van der Waals surface area contributed by atoms with Gasteiger partial charge in [-0.05, 0) is 0 Å². The Morgan fingerprint density at radius 3 is 2.00 bits per heavy atom. The van der Waals surface area contributed by atoms with Crippen molar-refractivity contribution in [2.75, 3.05) is 11.5 Å². The molecular weight excluding hydrogens is 184 g/mol. The summed E-state index contributed by atoms with van der Waals surface area (Å²) in [5, 5.41) is -0.442. The van der Waals surface area contributed by atoms with E-state index in [4.69, 9.17) is 0 Å². The fraction of sp³-hybridized carbons (Fsp3) is 0.667. The molecule has 2 rings (SSSR count). The van der Waals surface area contributed by atoms with E-state index in [1.54, 1.807) is 0 Å². The third kappa shape index (κ3) is 1.16. The molecular formula is C6H6O3S2. The topological polar surface area (TPSA) is 43.4 Å². The summed E-state index contributed by atoms with van der Waals surface area (Å²) in [6.07, 6.45) is 0. The van der Waals surface area contributed by atoms with E-state index in [1.807, 2.05) is 0 Å². The van der Waals surface area contributed by atoms with Gasteiger partial charge in [0.25, 0.3) is 0 Å². The summed E-state index contributed by atoms with van der Waals surface area (Å²) in [5.74, 6) is 1.18. The summed E-state index contributed by atoms with van der Waals surface area (Å²) in [5.41, 5.74) is 0. The zero-order valence-corrected chi connectivity index (χ0v) is 7.24. The minimum atomic E-state index is -0.350. The number of esters is 2. The quantitative estimate of drug-likeness (QED) is 0.405. The molecule has 0 spiro atoms. The highest BCUT2D eigenvalue weighted by molar-refractivity contribution is 8.08. The van der Waals surface area contributed by atoms with Gasteiger partial charge < -0.3 is 4.74 Å². The second-order valence-electron chi connectivity index (χ2n) is 2.32. The SMILES string of the molecule is O=C1OC(=O)C2SCCSC12. The Kier molecular flexibility index (Phi) is 1.85. The lowest BCUT2D eigenvalue weighted by molar-refractivity contribution is -0.151. The molecule has 0 saturated carbocycles. The van der Waals surface area contributed by atoms with Gasteiger partial charge in [0.1, 0.15) is 10.5 Å². The van der Waals surface area contributed by atoms with Gasteiger partial charge >= 0.3 is 11.9 Å². The van der Waals surface area contributed by atoms with Gasteiger partial charge in [0.05, 0.1) is 0 Å². The van der Waals surface area contributed by atoms with Crippen LogP contribution in [0.3, 0.4) is 0 Å². The van der Waals surface area contributed by atoms with Gasteiger partial charge in [0.15, 0.2) is 0 Å². The van der Waals surface area contributed by atoms with Crippen LogP contribution in [0.1, 0.15) is 0 Å². The fourth-order valence-electron chi connectivity index (χ4n) is 1.12. The molecule has 2 heterocycles. The molecule has 2 atom stereocenters. The average Bonchev–Trinajstić information content (AvgIpc) is 2.30. The first-order valence-electron chi connectivity index (χ1n) is 3.28. The fourth-order valence-corrected chi connectivity index (χ4v) is 3.81. The van der Waals surface area contributed by atoms with E-state index in [0.717, 1.165) is 11.5 Å². The Bertz CT molecular complexity index is 194. The lowest BCUT2D eigenvalue weighted by Gasteiger charge is -2.17. The average molecular weight is 190 g/mol. The number of carbonyl (C=O) groups excluding carboxylic acids is 2. The molecule has 2 saturated heterocycles. The first-order valence-corrected chi connectivity index (χ1v) is 5.37. The third-order valence-electron chi connectivity index (χ3n) is 1.62. The maximum absolute atomic E-state index is 10.9. The summed E-state index contributed by atoms with van der Waals surface area (Å²) >= 11 is 3.06. The van der Waals surface area contributed by atoms with E-state index in [1.165, 1.54) is 23.5 Å². The molecule has 2 unspecified atom stereocenters. The summed E-state index contributed by atoms with van der Waals surface area (Å²) in [6, 6.07) is 0. The zero-order valence-electron chi connectivity index (χ0n) is 5.61. The number of hydrogen-bond donors (Lipinski definition) is 0. The van der Waals surface area contributed by atoms with Crippen molar-refractivity contribution < 1.29 is 14.3 Å². The van der Waals surface area contributed by atoms with Crippen LogP contribution in [0.25, 0.3) is 0 Å². The Morgan fingerprint density at radius 2 is 1.55 bits per heavy atom. The highest BCUT2D eigenvalue weighted by atomic mass is 32.2. The maximum Gasteiger partial charge on any atom is 0.328 e. The van der Waals surface area contributed by atoms with Gasteiger partial charge in [0, 0.05) is 11.5 Å². The smallest absolute Gasteiger partial charge is 0.328 e. The maximum atomic E-state index is 10.9. The minimum Gasteiger partial charge on any atom is -0.391 e. The molecule has 0 radical (unpaired) electrons. The van der Waals surface area contributed by atoms with E-state index >= 15 is 0 Å². The summed E-state index contributed by atoms with van der Waals surface area (Å²) in [6.45, 7) is 0. The number of ether oxygens (including phenoxy) is 1. The summed E-state index contributed by atoms with van der Waals surface area (Å²) in [4.78, 5) is 21.9. The molecule has 2 fully saturated rings. The van der Waals surface area contributed by atoms with Crippen molar-refractivity contribution in [3.8, 4) is 0 Å². The van der Waals surface area contributed by atoms with Gasteiger partial charge in [-0.3, -0.25) is 9.59 Å². The van der Waals surface area contributed by atoms with E-state index in [-0.39, 0.29) is 22.4 Å². The molecule has 0 bridgehead atoms. The van der Waals surface area contributed by atoms with Crippen molar-refractivity contribution in [3.63, 3.8) is 0 Å². The van der Waals surface area contributed by atoms with Crippen molar-refractivity contribution in [2.45, 2.75) is 10.5 Å². The Labute approximate surface area is 72.2 Å².